The van der Waals surface area contributed by atoms with Gasteiger partial charge in [0.2, 0.25) is 0 Å². The second kappa shape index (κ2) is 3.77. The van der Waals surface area contributed by atoms with Gasteiger partial charge in [0.1, 0.15) is 5.82 Å². The largest absolute Gasteiger partial charge is 0.476 e. The number of carbonyl (C=O) groups is 1. The Labute approximate surface area is 90.4 Å². The Kier molecular flexibility index (Phi) is 2.44. The van der Waals surface area contributed by atoms with Crippen molar-refractivity contribution in [2.24, 2.45) is 0 Å². The lowest BCUT2D eigenvalue weighted by Gasteiger charge is -1.97. The number of hydrogen-bond acceptors (Lipinski definition) is 3. The number of rotatable bonds is 2. The first-order valence-electron chi connectivity index (χ1n) is 4.54. The zero-order valence-electron chi connectivity index (χ0n) is 8.40. The van der Waals surface area contributed by atoms with E-state index in [1.54, 1.807) is 6.07 Å². The highest BCUT2D eigenvalue weighted by atomic mass is 19.1. The number of aromatic carboxylic acids is 1. The SMILES string of the molecule is Cc1nc(C(=O)O)c(-c2cccc(F)c2)o1. The molecule has 0 unspecified atom stereocenters. The zero-order valence-corrected chi connectivity index (χ0v) is 8.40. The van der Waals surface area contributed by atoms with Crippen molar-refractivity contribution in [1.82, 2.24) is 4.98 Å². The molecule has 1 heterocycles. The van der Waals surface area contributed by atoms with Crippen LogP contribution in [0.5, 0.6) is 0 Å². The average molecular weight is 221 g/mol. The van der Waals surface area contributed by atoms with Gasteiger partial charge in [-0.15, -0.1) is 0 Å². The summed E-state index contributed by atoms with van der Waals surface area (Å²) >= 11 is 0. The summed E-state index contributed by atoms with van der Waals surface area (Å²) in [5.41, 5.74) is 0.154. The second-order valence-corrected chi connectivity index (χ2v) is 3.23. The molecule has 1 N–H and O–H groups in total. The minimum atomic E-state index is -1.20. The van der Waals surface area contributed by atoms with Crippen molar-refractivity contribution in [3.63, 3.8) is 0 Å². The lowest BCUT2D eigenvalue weighted by Crippen LogP contribution is -1.98. The summed E-state index contributed by atoms with van der Waals surface area (Å²) in [6.45, 7) is 1.54. The molecule has 0 saturated heterocycles. The lowest BCUT2D eigenvalue weighted by molar-refractivity contribution is 0.0691. The van der Waals surface area contributed by atoms with E-state index in [9.17, 15) is 9.18 Å². The first-order valence-corrected chi connectivity index (χ1v) is 4.54. The van der Waals surface area contributed by atoms with Crippen molar-refractivity contribution in [1.29, 1.82) is 0 Å². The Hall–Kier alpha value is -2.17. The van der Waals surface area contributed by atoms with Crippen LogP contribution < -0.4 is 0 Å². The maximum absolute atomic E-state index is 13.0. The summed E-state index contributed by atoms with van der Waals surface area (Å²) in [5, 5.41) is 8.89. The van der Waals surface area contributed by atoms with E-state index in [0.717, 1.165) is 0 Å². The Morgan fingerprint density at radius 3 is 2.88 bits per heavy atom. The minimum Gasteiger partial charge on any atom is -0.476 e. The molecule has 0 bridgehead atoms. The highest BCUT2D eigenvalue weighted by Crippen LogP contribution is 2.25. The first-order chi connectivity index (χ1) is 7.58. The molecular weight excluding hydrogens is 213 g/mol. The molecule has 0 aliphatic carbocycles. The van der Waals surface area contributed by atoms with Gasteiger partial charge in [-0.05, 0) is 12.1 Å². The van der Waals surface area contributed by atoms with Gasteiger partial charge in [-0.25, -0.2) is 14.2 Å². The van der Waals surface area contributed by atoms with Gasteiger partial charge >= 0.3 is 5.97 Å². The molecule has 5 heteroatoms. The van der Waals surface area contributed by atoms with Gasteiger partial charge in [0.25, 0.3) is 0 Å². The molecule has 0 fully saturated rings. The summed E-state index contributed by atoms with van der Waals surface area (Å²) < 4.78 is 18.1. The number of benzene rings is 1. The molecular formula is C11H8FNO3. The molecule has 2 rings (SSSR count). The maximum atomic E-state index is 13.0. The molecule has 4 nitrogen and oxygen atoms in total. The highest BCUT2D eigenvalue weighted by molar-refractivity contribution is 5.92. The summed E-state index contributed by atoms with van der Waals surface area (Å²) in [4.78, 5) is 14.6. The number of carboxylic acids is 1. The Morgan fingerprint density at radius 2 is 2.25 bits per heavy atom. The van der Waals surface area contributed by atoms with E-state index in [1.165, 1.54) is 25.1 Å². The number of hydrogen-bond donors (Lipinski definition) is 1. The Balaban J connectivity index is 2.59. The van der Waals surface area contributed by atoms with E-state index in [4.69, 9.17) is 9.52 Å². The van der Waals surface area contributed by atoms with Crippen LogP contribution in [-0.4, -0.2) is 16.1 Å². The average Bonchev–Trinajstić information content (AvgIpc) is 2.60. The molecule has 0 radical (unpaired) electrons. The Morgan fingerprint density at radius 1 is 1.50 bits per heavy atom. The van der Waals surface area contributed by atoms with E-state index >= 15 is 0 Å². The van der Waals surface area contributed by atoms with Crippen LogP contribution in [0.4, 0.5) is 4.39 Å². The Bertz CT molecular complexity index is 548. The standard InChI is InChI=1S/C11H8FNO3/c1-6-13-9(11(14)15)10(16-6)7-3-2-4-8(12)5-7/h2-5H,1H3,(H,14,15). The molecule has 0 spiro atoms. The molecule has 0 saturated carbocycles. The van der Waals surface area contributed by atoms with E-state index < -0.39 is 11.8 Å². The van der Waals surface area contributed by atoms with Gasteiger partial charge < -0.3 is 9.52 Å². The van der Waals surface area contributed by atoms with Crippen LogP contribution in [0.25, 0.3) is 11.3 Å². The van der Waals surface area contributed by atoms with Gasteiger partial charge in [-0.3, -0.25) is 0 Å². The first kappa shape index (κ1) is 10.4. The molecule has 0 aliphatic heterocycles. The second-order valence-electron chi connectivity index (χ2n) is 3.23. The molecule has 16 heavy (non-hydrogen) atoms. The number of halogens is 1. The van der Waals surface area contributed by atoms with Gasteiger partial charge in [0.15, 0.2) is 17.3 Å². The van der Waals surface area contributed by atoms with Crippen molar-refractivity contribution in [3.8, 4) is 11.3 Å². The van der Waals surface area contributed by atoms with Crippen LogP contribution in [0.15, 0.2) is 28.7 Å². The zero-order chi connectivity index (χ0) is 11.7. The van der Waals surface area contributed by atoms with Crippen LogP contribution >= 0.6 is 0 Å². The molecule has 0 atom stereocenters. The number of nitrogens with zero attached hydrogens (tertiary/aromatic N) is 1. The van der Waals surface area contributed by atoms with E-state index in [2.05, 4.69) is 4.98 Å². The minimum absolute atomic E-state index is 0.0736. The van der Waals surface area contributed by atoms with Gasteiger partial charge in [0.05, 0.1) is 0 Å². The summed E-state index contributed by atoms with van der Waals surface area (Å²) in [6.07, 6.45) is 0. The van der Waals surface area contributed by atoms with Gasteiger partial charge in [-0.2, -0.15) is 0 Å². The van der Waals surface area contributed by atoms with Gasteiger partial charge in [-0.1, -0.05) is 12.1 Å². The third-order valence-corrected chi connectivity index (χ3v) is 2.02. The van der Waals surface area contributed by atoms with Crippen LogP contribution in [-0.2, 0) is 0 Å². The van der Waals surface area contributed by atoms with Crippen molar-refractivity contribution in [2.75, 3.05) is 0 Å². The molecule has 2 aromatic rings. The van der Waals surface area contributed by atoms with Crippen molar-refractivity contribution >= 4 is 5.97 Å². The summed E-state index contributed by atoms with van der Waals surface area (Å²) in [7, 11) is 0. The van der Waals surface area contributed by atoms with E-state index in [0.29, 0.717) is 5.56 Å². The topological polar surface area (TPSA) is 63.3 Å². The normalized spacial score (nSPS) is 10.4. The van der Waals surface area contributed by atoms with Crippen molar-refractivity contribution in [3.05, 3.63) is 41.7 Å². The van der Waals surface area contributed by atoms with E-state index in [-0.39, 0.29) is 17.3 Å². The molecule has 82 valence electrons. The van der Waals surface area contributed by atoms with Crippen LogP contribution in [0.1, 0.15) is 16.4 Å². The number of aryl methyl sites for hydroxylation is 1. The smallest absolute Gasteiger partial charge is 0.358 e. The van der Waals surface area contributed by atoms with Crippen molar-refractivity contribution in [2.45, 2.75) is 6.92 Å². The third kappa shape index (κ3) is 1.79. The quantitative estimate of drug-likeness (QED) is 0.846. The fraction of sp³-hybridized carbons (Fsp3) is 0.0909. The molecule has 1 aromatic heterocycles. The third-order valence-electron chi connectivity index (χ3n) is 2.02. The fourth-order valence-electron chi connectivity index (χ4n) is 1.40. The summed E-state index contributed by atoms with van der Waals surface area (Å²) in [5.74, 6) is -1.35. The van der Waals surface area contributed by atoms with Crippen LogP contribution in [0.3, 0.4) is 0 Å². The number of oxazole rings is 1. The van der Waals surface area contributed by atoms with Crippen LogP contribution in [0.2, 0.25) is 0 Å². The number of aromatic nitrogens is 1. The highest BCUT2D eigenvalue weighted by Gasteiger charge is 2.19. The molecule has 0 aliphatic rings. The predicted molar refractivity (Wildman–Crippen MR) is 53.6 cm³/mol. The monoisotopic (exact) mass is 221 g/mol. The van der Waals surface area contributed by atoms with Crippen molar-refractivity contribution < 1.29 is 18.7 Å². The summed E-state index contributed by atoms with van der Waals surface area (Å²) in [6, 6.07) is 5.52. The number of carboxylic acid groups (broad SMARTS) is 1. The lowest BCUT2D eigenvalue weighted by atomic mass is 10.1. The maximum Gasteiger partial charge on any atom is 0.358 e. The molecule has 0 amide bonds. The predicted octanol–water partition coefficient (Wildman–Crippen LogP) is 2.49. The van der Waals surface area contributed by atoms with Gasteiger partial charge in [0, 0.05) is 12.5 Å². The van der Waals surface area contributed by atoms with Crippen LogP contribution in [0, 0.1) is 12.7 Å². The molecule has 1 aromatic carbocycles. The fourth-order valence-corrected chi connectivity index (χ4v) is 1.40. The van der Waals surface area contributed by atoms with E-state index in [1.807, 2.05) is 0 Å².